The number of hydrogen-bond donors (Lipinski definition) is 1. The zero-order chi connectivity index (χ0) is 14.7. The predicted molar refractivity (Wildman–Crippen MR) is 70.2 cm³/mol. The molecule has 1 N–H and O–H groups in total. The van der Waals surface area contributed by atoms with Crippen LogP contribution in [0.25, 0.3) is 0 Å². The highest BCUT2D eigenvalue weighted by atomic mass is 19.1. The third-order valence-electron chi connectivity index (χ3n) is 3.03. The van der Waals surface area contributed by atoms with Crippen LogP contribution in [0.2, 0.25) is 0 Å². The van der Waals surface area contributed by atoms with Crippen molar-refractivity contribution in [2.45, 2.75) is 6.04 Å². The average molecular weight is 281 g/mol. The van der Waals surface area contributed by atoms with Crippen molar-refractivity contribution in [1.29, 1.82) is 0 Å². The van der Waals surface area contributed by atoms with Gasteiger partial charge in [0, 0.05) is 11.6 Å². The molecule has 20 heavy (non-hydrogen) atoms. The Labute approximate surface area is 115 Å². The zero-order valence-corrected chi connectivity index (χ0v) is 11.1. The van der Waals surface area contributed by atoms with Crippen LogP contribution >= 0.6 is 0 Å². The van der Waals surface area contributed by atoms with E-state index in [1.54, 1.807) is 19.2 Å². The molecule has 1 atom stereocenters. The third kappa shape index (κ3) is 2.77. The van der Waals surface area contributed by atoms with Crippen LogP contribution in [-0.2, 0) is 0 Å². The van der Waals surface area contributed by atoms with Gasteiger partial charge >= 0.3 is 0 Å². The Hall–Kier alpha value is -2.01. The lowest BCUT2D eigenvalue weighted by molar-refractivity contribution is 0.382. The maximum absolute atomic E-state index is 14.2. The molecule has 0 spiro atoms. The van der Waals surface area contributed by atoms with Crippen molar-refractivity contribution in [3.8, 4) is 5.75 Å². The fourth-order valence-electron chi connectivity index (χ4n) is 2.15. The Balaban J connectivity index is 2.52. The second-order valence-corrected chi connectivity index (χ2v) is 4.29. The third-order valence-corrected chi connectivity index (χ3v) is 3.03. The molecule has 5 heteroatoms. The van der Waals surface area contributed by atoms with Gasteiger partial charge in [-0.2, -0.15) is 0 Å². The van der Waals surface area contributed by atoms with Gasteiger partial charge in [-0.15, -0.1) is 0 Å². The summed E-state index contributed by atoms with van der Waals surface area (Å²) in [5.41, 5.74) is 0.564. The summed E-state index contributed by atoms with van der Waals surface area (Å²) in [4.78, 5) is 0. The number of benzene rings is 2. The molecule has 0 aliphatic rings. The minimum Gasteiger partial charge on any atom is -0.494 e. The van der Waals surface area contributed by atoms with E-state index in [-0.39, 0.29) is 11.3 Å². The lowest BCUT2D eigenvalue weighted by atomic mass is 9.98. The normalized spacial score (nSPS) is 12.2. The summed E-state index contributed by atoms with van der Waals surface area (Å²) in [5, 5.41) is 2.85. The van der Waals surface area contributed by atoms with Crippen LogP contribution in [0.15, 0.2) is 36.4 Å². The fraction of sp³-hybridized carbons (Fsp3) is 0.200. The highest BCUT2D eigenvalue weighted by Gasteiger charge is 2.20. The van der Waals surface area contributed by atoms with Crippen molar-refractivity contribution in [1.82, 2.24) is 5.32 Å². The van der Waals surface area contributed by atoms with E-state index in [0.717, 1.165) is 6.07 Å². The van der Waals surface area contributed by atoms with Crippen LogP contribution in [0.4, 0.5) is 13.2 Å². The summed E-state index contributed by atoms with van der Waals surface area (Å²) in [6.45, 7) is 0. The molecule has 0 aliphatic heterocycles. The van der Waals surface area contributed by atoms with Crippen molar-refractivity contribution in [3.63, 3.8) is 0 Å². The molecule has 0 saturated heterocycles. The van der Waals surface area contributed by atoms with Crippen LogP contribution in [-0.4, -0.2) is 14.2 Å². The Kier molecular flexibility index (Phi) is 4.29. The molecular weight excluding hydrogens is 267 g/mol. The van der Waals surface area contributed by atoms with Crippen molar-refractivity contribution >= 4 is 0 Å². The van der Waals surface area contributed by atoms with Crippen molar-refractivity contribution in [2.24, 2.45) is 0 Å². The molecule has 0 aromatic heterocycles. The topological polar surface area (TPSA) is 21.3 Å². The van der Waals surface area contributed by atoms with E-state index in [4.69, 9.17) is 4.74 Å². The smallest absolute Gasteiger partial charge is 0.170 e. The molecule has 2 nitrogen and oxygen atoms in total. The quantitative estimate of drug-likeness (QED) is 0.927. The first-order chi connectivity index (χ1) is 9.56. The molecule has 0 aliphatic carbocycles. The monoisotopic (exact) mass is 281 g/mol. The van der Waals surface area contributed by atoms with Crippen LogP contribution in [0.5, 0.6) is 5.75 Å². The molecule has 2 aromatic carbocycles. The van der Waals surface area contributed by atoms with Crippen LogP contribution in [0.1, 0.15) is 17.2 Å². The lowest BCUT2D eigenvalue weighted by Crippen LogP contribution is -2.19. The zero-order valence-electron chi connectivity index (χ0n) is 11.1. The van der Waals surface area contributed by atoms with Gasteiger partial charge in [0.2, 0.25) is 0 Å². The molecule has 0 heterocycles. The predicted octanol–water partition coefficient (Wildman–Crippen LogP) is 3.42. The second-order valence-electron chi connectivity index (χ2n) is 4.29. The molecule has 0 saturated carbocycles. The highest BCUT2D eigenvalue weighted by molar-refractivity contribution is 5.38. The molecule has 106 valence electrons. The van der Waals surface area contributed by atoms with E-state index in [1.165, 1.54) is 25.3 Å². The number of ether oxygens (including phenoxy) is 1. The van der Waals surface area contributed by atoms with Crippen LogP contribution in [0, 0.1) is 17.5 Å². The summed E-state index contributed by atoms with van der Waals surface area (Å²) >= 11 is 0. The van der Waals surface area contributed by atoms with Gasteiger partial charge in [-0.05, 0) is 30.8 Å². The molecular formula is C15H14F3NO. The van der Waals surface area contributed by atoms with E-state index in [9.17, 15) is 13.2 Å². The number of nitrogens with one attached hydrogen (secondary N) is 1. The fourth-order valence-corrected chi connectivity index (χ4v) is 2.15. The largest absolute Gasteiger partial charge is 0.494 e. The van der Waals surface area contributed by atoms with Gasteiger partial charge in [0.15, 0.2) is 11.6 Å². The van der Waals surface area contributed by atoms with Crippen LogP contribution < -0.4 is 10.1 Å². The standard InChI is InChI=1S/C15H14F3NO/c1-19-15(9-6-10(16)8-11(17)7-9)12-4-3-5-13(20-2)14(12)18/h3-8,15,19H,1-2H3. The van der Waals surface area contributed by atoms with Crippen molar-refractivity contribution < 1.29 is 17.9 Å². The van der Waals surface area contributed by atoms with Gasteiger partial charge in [0.25, 0.3) is 0 Å². The van der Waals surface area contributed by atoms with Gasteiger partial charge in [0.05, 0.1) is 13.2 Å². The minimum atomic E-state index is -0.705. The van der Waals surface area contributed by atoms with E-state index in [0.29, 0.717) is 5.56 Å². The average Bonchev–Trinajstić information content (AvgIpc) is 2.40. The highest BCUT2D eigenvalue weighted by Crippen LogP contribution is 2.29. The summed E-state index contributed by atoms with van der Waals surface area (Å²) in [7, 11) is 2.95. The van der Waals surface area contributed by atoms with Crippen molar-refractivity contribution in [3.05, 3.63) is 65.0 Å². The minimum absolute atomic E-state index is 0.0830. The van der Waals surface area contributed by atoms with E-state index < -0.39 is 23.5 Å². The first-order valence-corrected chi connectivity index (χ1v) is 6.02. The summed E-state index contributed by atoms with van der Waals surface area (Å²) in [5.74, 6) is -1.88. The van der Waals surface area contributed by atoms with Gasteiger partial charge in [-0.1, -0.05) is 12.1 Å². The summed E-state index contributed by atoms with van der Waals surface area (Å²) in [6.07, 6.45) is 0. The molecule has 0 radical (unpaired) electrons. The Morgan fingerprint density at radius 2 is 1.70 bits per heavy atom. The van der Waals surface area contributed by atoms with Gasteiger partial charge in [-0.3, -0.25) is 0 Å². The molecule has 0 amide bonds. The molecule has 2 rings (SSSR count). The number of methoxy groups -OCH3 is 1. The van der Waals surface area contributed by atoms with E-state index >= 15 is 0 Å². The SMILES string of the molecule is CNC(c1cc(F)cc(F)c1)c1cccc(OC)c1F. The maximum Gasteiger partial charge on any atom is 0.170 e. The van der Waals surface area contributed by atoms with Gasteiger partial charge in [-0.25, -0.2) is 13.2 Å². The Bertz CT molecular complexity index is 596. The maximum atomic E-state index is 14.2. The van der Waals surface area contributed by atoms with E-state index in [1.807, 2.05) is 0 Å². The summed E-state index contributed by atoms with van der Waals surface area (Å²) in [6, 6.07) is 7.09. The Morgan fingerprint density at radius 1 is 1.05 bits per heavy atom. The van der Waals surface area contributed by atoms with Crippen molar-refractivity contribution in [2.75, 3.05) is 14.2 Å². The first-order valence-electron chi connectivity index (χ1n) is 6.02. The van der Waals surface area contributed by atoms with E-state index in [2.05, 4.69) is 5.32 Å². The second kappa shape index (κ2) is 5.96. The molecule has 2 aromatic rings. The van der Waals surface area contributed by atoms with Gasteiger partial charge < -0.3 is 10.1 Å². The molecule has 1 unspecified atom stereocenters. The number of rotatable bonds is 4. The molecule has 0 fully saturated rings. The first kappa shape index (κ1) is 14.4. The lowest BCUT2D eigenvalue weighted by Gasteiger charge is -2.19. The number of halogens is 3. The van der Waals surface area contributed by atoms with Crippen LogP contribution in [0.3, 0.4) is 0 Å². The Morgan fingerprint density at radius 3 is 2.25 bits per heavy atom. The van der Waals surface area contributed by atoms with Gasteiger partial charge in [0.1, 0.15) is 11.6 Å². The summed E-state index contributed by atoms with van der Waals surface area (Å²) < 4.78 is 45.8. The molecule has 0 bridgehead atoms. The number of hydrogen-bond acceptors (Lipinski definition) is 2.